The van der Waals surface area contributed by atoms with Crippen molar-refractivity contribution in [2.75, 3.05) is 36.6 Å². The molecule has 10 heteroatoms. The number of nitrogens with two attached hydrogens (primary N) is 1. The van der Waals surface area contributed by atoms with Crippen molar-refractivity contribution >= 4 is 32.2 Å². The lowest BCUT2D eigenvalue weighted by Crippen LogP contribution is -2.31. The number of anilines is 2. The number of alkyl halides is 2. The number of rotatable bonds is 6. The highest BCUT2D eigenvalue weighted by Gasteiger charge is 2.26. The van der Waals surface area contributed by atoms with Crippen LogP contribution in [0.1, 0.15) is 0 Å². The van der Waals surface area contributed by atoms with Gasteiger partial charge in [0.15, 0.2) is 15.7 Å². The van der Waals surface area contributed by atoms with E-state index in [0.29, 0.717) is 0 Å². The van der Waals surface area contributed by atoms with Gasteiger partial charge in [-0.1, -0.05) is 0 Å². The molecule has 0 saturated carbocycles. The molecular weight excluding hydrogens is 288 g/mol. The van der Waals surface area contributed by atoms with Crippen molar-refractivity contribution in [3.05, 3.63) is 0 Å². The number of halogens is 2. The standard InChI is InChI=1S/C8H13F2N3O3S2/c1-18(15,16)6-7(11)12-17-8(6)13(2-3-14)4-5(9)10/h5,14H,2-4H2,1H3,(H2,11,12). The summed E-state index contributed by atoms with van der Waals surface area (Å²) in [5.74, 6) is -0.213. The number of aliphatic hydroxyl groups excluding tert-OH is 1. The van der Waals surface area contributed by atoms with Crippen molar-refractivity contribution in [3.63, 3.8) is 0 Å². The Labute approximate surface area is 107 Å². The first kappa shape index (κ1) is 15.1. The van der Waals surface area contributed by atoms with Gasteiger partial charge in [0.05, 0.1) is 13.2 Å². The molecule has 104 valence electrons. The molecule has 1 rings (SSSR count). The molecule has 6 nitrogen and oxygen atoms in total. The highest BCUT2D eigenvalue weighted by Crippen LogP contribution is 2.34. The van der Waals surface area contributed by atoms with Gasteiger partial charge in [-0.05, 0) is 11.5 Å². The van der Waals surface area contributed by atoms with E-state index in [1.54, 1.807) is 0 Å². The number of aromatic nitrogens is 1. The Balaban J connectivity index is 3.21. The van der Waals surface area contributed by atoms with Gasteiger partial charge >= 0.3 is 0 Å². The molecule has 0 unspecified atom stereocenters. The number of nitrogen functional groups attached to an aromatic ring is 1. The smallest absolute Gasteiger partial charge is 0.255 e. The van der Waals surface area contributed by atoms with Crippen LogP contribution in [-0.2, 0) is 9.84 Å². The van der Waals surface area contributed by atoms with Crippen LogP contribution in [0.2, 0.25) is 0 Å². The number of nitrogens with zero attached hydrogens (tertiary/aromatic N) is 2. The van der Waals surface area contributed by atoms with Gasteiger partial charge in [-0.15, -0.1) is 0 Å². The lowest BCUT2D eigenvalue weighted by molar-refractivity contribution is 0.153. The van der Waals surface area contributed by atoms with Gasteiger partial charge in [0.25, 0.3) is 6.43 Å². The molecule has 0 amide bonds. The van der Waals surface area contributed by atoms with Crippen LogP contribution < -0.4 is 10.6 Å². The minimum atomic E-state index is -3.67. The summed E-state index contributed by atoms with van der Waals surface area (Å²) in [5.41, 5.74) is 5.44. The minimum absolute atomic E-state index is 0.0318. The van der Waals surface area contributed by atoms with Crippen LogP contribution in [0.5, 0.6) is 0 Å². The fourth-order valence-electron chi connectivity index (χ4n) is 1.40. The van der Waals surface area contributed by atoms with E-state index in [4.69, 9.17) is 10.8 Å². The number of sulfone groups is 1. The quantitative estimate of drug-likeness (QED) is 0.779. The molecule has 1 aromatic heterocycles. The summed E-state index contributed by atoms with van der Waals surface area (Å²) in [6.07, 6.45) is -1.73. The molecule has 0 aliphatic carbocycles. The first-order valence-corrected chi connectivity index (χ1v) is 7.53. The molecule has 1 aromatic rings. The third-order valence-electron chi connectivity index (χ3n) is 2.04. The molecule has 0 saturated heterocycles. The molecule has 0 fully saturated rings. The third-order valence-corrected chi connectivity index (χ3v) is 4.24. The van der Waals surface area contributed by atoms with E-state index in [2.05, 4.69) is 4.37 Å². The highest BCUT2D eigenvalue weighted by atomic mass is 32.2. The molecule has 3 N–H and O–H groups in total. The van der Waals surface area contributed by atoms with Gasteiger partial charge < -0.3 is 15.7 Å². The van der Waals surface area contributed by atoms with Crippen LogP contribution in [-0.4, -0.2) is 50.3 Å². The van der Waals surface area contributed by atoms with E-state index in [-0.39, 0.29) is 28.9 Å². The first-order valence-electron chi connectivity index (χ1n) is 4.86. The van der Waals surface area contributed by atoms with Crippen molar-refractivity contribution < 1.29 is 22.3 Å². The fourth-order valence-corrected chi connectivity index (χ4v) is 3.64. The number of aliphatic hydroxyl groups is 1. The molecule has 0 spiro atoms. The van der Waals surface area contributed by atoms with Gasteiger partial charge in [0.2, 0.25) is 0 Å². The summed E-state index contributed by atoms with van der Waals surface area (Å²) < 4.78 is 51.6. The highest BCUT2D eigenvalue weighted by molar-refractivity contribution is 7.91. The maximum atomic E-state index is 12.4. The predicted octanol–water partition coefficient (Wildman–Crippen LogP) is 0.193. The summed E-state index contributed by atoms with van der Waals surface area (Å²) in [6.45, 7) is -1.19. The van der Waals surface area contributed by atoms with Crippen molar-refractivity contribution in [2.24, 2.45) is 0 Å². The zero-order chi connectivity index (χ0) is 13.9. The van der Waals surface area contributed by atoms with Crippen molar-refractivity contribution in [1.82, 2.24) is 4.37 Å². The number of hydrogen-bond acceptors (Lipinski definition) is 7. The van der Waals surface area contributed by atoms with E-state index < -0.39 is 22.8 Å². The average molecular weight is 301 g/mol. The Morgan fingerprint density at radius 3 is 2.61 bits per heavy atom. The second-order valence-corrected chi connectivity index (χ2v) is 6.24. The van der Waals surface area contributed by atoms with Gasteiger partial charge in [-0.25, -0.2) is 17.2 Å². The van der Waals surface area contributed by atoms with E-state index >= 15 is 0 Å². The molecule has 0 atom stereocenters. The van der Waals surface area contributed by atoms with Gasteiger partial charge in [-0.2, -0.15) is 4.37 Å². The Hall–Kier alpha value is -1.00. The number of hydrogen-bond donors (Lipinski definition) is 2. The lowest BCUT2D eigenvalue weighted by Gasteiger charge is -2.22. The second kappa shape index (κ2) is 5.76. The second-order valence-electron chi connectivity index (χ2n) is 3.53. The summed E-state index contributed by atoms with van der Waals surface area (Å²) in [6, 6.07) is 0. The summed E-state index contributed by atoms with van der Waals surface area (Å²) in [4.78, 5) is 0.802. The lowest BCUT2D eigenvalue weighted by atomic mass is 10.4. The minimum Gasteiger partial charge on any atom is -0.395 e. The largest absolute Gasteiger partial charge is 0.395 e. The van der Waals surface area contributed by atoms with Gasteiger partial charge in [0.1, 0.15) is 9.90 Å². The zero-order valence-electron chi connectivity index (χ0n) is 9.51. The summed E-state index contributed by atoms with van der Waals surface area (Å²) in [7, 11) is -3.67. The van der Waals surface area contributed by atoms with Gasteiger partial charge in [0, 0.05) is 12.8 Å². The Kier molecular flexibility index (Phi) is 4.82. The SMILES string of the molecule is CS(=O)(=O)c1c(N)nsc1N(CCO)CC(F)F. The van der Waals surface area contributed by atoms with Crippen LogP contribution in [0.3, 0.4) is 0 Å². The average Bonchev–Trinajstić information content (AvgIpc) is 2.58. The van der Waals surface area contributed by atoms with E-state index in [9.17, 15) is 17.2 Å². The fraction of sp³-hybridized carbons (Fsp3) is 0.625. The van der Waals surface area contributed by atoms with E-state index in [1.165, 1.54) is 0 Å². The summed E-state index contributed by atoms with van der Waals surface area (Å²) >= 11 is 0.720. The maximum Gasteiger partial charge on any atom is 0.255 e. The van der Waals surface area contributed by atoms with Crippen LogP contribution in [0.4, 0.5) is 19.6 Å². The van der Waals surface area contributed by atoms with Crippen LogP contribution in [0.15, 0.2) is 4.90 Å². The molecular formula is C8H13F2N3O3S2. The van der Waals surface area contributed by atoms with Crippen molar-refractivity contribution in [3.8, 4) is 0 Å². The maximum absolute atomic E-state index is 12.4. The van der Waals surface area contributed by atoms with E-state index in [1.807, 2.05) is 0 Å². The monoisotopic (exact) mass is 301 g/mol. The summed E-state index contributed by atoms with van der Waals surface area (Å²) in [5, 5.41) is 8.86. The zero-order valence-corrected chi connectivity index (χ0v) is 11.1. The van der Waals surface area contributed by atoms with E-state index in [0.717, 1.165) is 22.7 Å². The third kappa shape index (κ3) is 3.50. The van der Waals surface area contributed by atoms with Crippen LogP contribution >= 0.6 is 11.5 Å². The Morgan fingerprint density at radius 1 is 1.56 bits per heavy atom. The van der Waals surface area contributed by atoms with Crippen LogP contribution in [0.25, 0.3) is 0 Å². The predicted molar refractivity (Wildman–Crippen MR) is 64.9 cm³/mol. The van der Waals surface area contributed by atoms with Gasteiger partial charge in [-0.3, -0.25) is 0 Å². The van der Waals surface area contributed by atoms with Crippen molar-refractivity contribution in [2.45, 2.75) is 11.3 Å². The molecule has 0 bridgehead atoms. The van der Waals surface area contributed by atoms with Crippen LogP contribution in [0, 0.1) is 0 Å². The molecule has 0 radical (unpaired) electrons. The Bertz CT molecular complexity index is 504. The molecule has 0 aliphatic rings. The normalized spacial score (nSPS) is 12.1. The van der Waals surface area contributed by atoms with Crippen molar-refractivity contribution in [1.29, 1.82) is 0 Å². The molecule has 0 aromatic carbocycles. The molecule has 1 heterocycles. The first-order chi connectivity index (χ1) is 8.27. The topological polar surface area (TPSA) is 96.5 Å². The molecule has 18 heavy (non-hydrogen) atoms. The molecule has 0 aliphatic heterocycles. The Morgan fingerprint density at radius 2 is 2.17 bits per heavy atom.